The van der Waals surface area contributed by atoms with Crippen molar-refractivity contribution in [1.29, 1.82) is 0 Å². The van der Waals surface area contributed by atoms with Crippen molar-refractivity contribution in [2.75, 3.05) is 29.0 Å². The van der Waals surface area contributed by atoms with Crippen LogP contribution in [0.2, 0.25) is 5.02 Å². The SMILES string of the molecule is COc1cc(Cl)c(C)cc1NC(=O)C(C)OC(=O)c1ccc(N2CCCS2(=O)=O)cc1. The van der Waals surface area contributed by atoms with Gasteiger partial charge in [0, 0.05) is 17.6 Å². The van der Waals surface area contributed by atoms with Crippen molar-refractivity contribution >= 4 is 44.9 Å². The van der Waals surface area contributed by atoms with E-state index in [9.17, 15) is 18.0 Å². The number of aryl methyl sites for hydroxylation is 1. The fourth-order valence-electron chi connectivity index (χ4n) is 3.14. The zero-order chi connectivity index (χ0) is 22.8. The fraction of sp³-hybridized carbons (Fsp3) is 0.333. The number of carbonyl (C=O) groups excluding carboxylic acids is 2. The first kappa shape index (κ1) is 22.9. The highest BCUT2D eigenvalue weighted by atomic mass is 35.5. The number of nitrogens with one attached hydrogen (secondary N) is 1. The van der Waals surface area contributed by atoms with Gasteiger partial charge in [-0.25, -0.2) is 13.2 Å². The third-order valence-electron chi connectivity index (χ3n) is 4.88. The van der Waals surface area contributed by atoms with E-state index >= 15 is 0 Å². The van der Waals surface area contributed by atoms with Crippen LogP contribution in [0.3, 0.4) is 0 Å². The van der Waals surface area contributed by atoms with Crippen molar-refractivity contribution in [3.8, 4) is 5.75 Å². The molecule has 1 saturated heterocycles. The molecule has 166 valence electrons. The number of rotatable bonds is 6. The number of esters is 1. The van der Waals surface area contributed by atoms with E-state index in [2.05, 4.69) is 5.32 Å². The molecule has 31 heavy (non-hydrogen) atoms. The van der Waals surface area contributed by atoms with E-state index in [1.54, 1.807) is 31.2 Å². The number of amides is 1. The second-order valence-corrected chi connectivity index (χ2v) is 9.55. The Balaban J connectivity index is 1.65. The van der Waals surface area contributed by atoms with E-state index in [1.165, 1.54) is 30.5 Å². The van der Waals surface area contributed by atoms with Gasteiger partial charge in [0.2, 0.25) is 10.0 Å². The predicted molar refractivity (Wildman–Crippen MR) is 118 cm³/mol. The van der Waals surface area contributed by atoms with Gasteiger partial charge in [0.25, 0.3) is 5.91 Å². The maximum absolute atomic E-state index is 12.5. The van der Waals surface area contributed by atoms with Gasteiger partial charge >= 0.3 is 5.97 Å². The Bertz CT molecular complexity index is 1100. The number of methoxy groups -OCH3 is 1. The Hall–Kier alpha value is -2.78. The molecule has 0 aliphatic carbocycles. The number of nitrogens with zero attached hydrogens (tertiary/aromatic N) is 1. The minimum atomic E-state index is -3.30. The largest absolute Gasteiger partial charge is 0.495 e. The molecule has 2 aromatic carbocycles. The van der Waals surface area contributed by atoms with E-state index in [0.29, 0.717) is 35.1 Å². The zero-order valence-corrected chi connectivity index (χ0v) is 18.9. The van der Waals surface area contributed by atoms with Gasteiger partial charge in [0.15, 0.2) is 6.10 Å². The molecule has 3 rings (SSSR count). The average Bonchev–Trinajstić information content (AvgIpc) is 3.09. The summed E-state index contributed by atoms with van der Waals surface area (Å²) in [5, 5.41) is 3.17. The van der Waals surface area contributed by atoms with Crippen LogP contribution in [0.1, 0.15) is 29.3 Å². The van der Waals surface area contributed by atoms with Crippen molar-refractivity contribution in [1.82, 2.24) is 0 Å². The maximum Gasteiger partial charge on any atom is 0.338 e. The quantitative estimate of drug-likeness (QED) is 0.655. The van der Waals surface area contributed by atoms with Crippen LogP contribution in [-0.2, 0) is 19.6 Å². The first-order chi connectivity index (χ1) is 14.6. The van der Waals surface area contributed by atoms with Gasteiger partial charge < -0.3 is 14.8 Å². The third-order valence-corrected chi connectivity index (χ3v) is 7.16. The van der Waals surface area contributed by atoms with Gasteiger partial charge in [-0.3, -0.25) is 9.10 Å². The summed E-state index contributed by atoms with van der Waals surface area (Å²) in [5.74, 6) is -0.734. The standard InChI is InChI=1S/C21H23ClN2O6S/c1-13-11-18(19(29-3)12-17(13)22)23-20(25)14(2)30-21(26)15-5-7-16(8-6-15)24-9-4-10-31(24,27)28/h5-8,11-12,14H,4,9-10H2,1-3H3,(H,23,25). The molecule has 1 unspecified atom stereocenters. The molecule has 1 heterocycles. The summed E-state index contributed by atoms with van der Waals surface area (Å²) in [6.07, 6.45) is -0.511. The Morgan fingerprint density at radius 3 is 2.45 bits per heavy atom. The lowest BCUT2D eigenvalue weighted by Gasteiger charge is -2.18. The molecule has 1 N–H and O–H groups in total. The number of hydrogen-bond acceptors (Lipinski definition) is 6. The molecule has 1 atom stereocenters. The lowest BCUT2D eigenvalue weighted by Crippen LogP contribution is -2.30. The first-order valence-electron chi connectivity index (χ1n) is 9.59. The van der Waals surface area contributed by atoms with E-state index in [0.717, 1.165) is 5.56 Å². The van der Waals surface area contributed by atoms with Crippen LogP contribution >= 0.6 is 11.6 Å². The molecule has 0 saturated carbocycles. The molecule has 1 aliphatic heterocycles. The van der Waals surface area contributed by atoms with Crippen molar-refractivity contribution in [2.24, 2.45) is 0 Å². The van der Waals surface area contributed by atoms with E-state index in [4.69, 9.17) is 21.1 Å². The average molecular weight is 467 g/mol. The van der Waals surface area contributed by atoms with Crippen LogP contribution in [0, 0.1) is 6.92 Å². The van der Waals surface area contributed by atoms with Crippen molar-refractivity contribution < 1.29 is 27.5 Å². The third kappa shape index (κ3) is 5.11. The Kier molecular flexibility index (Phi) is 6.76. The maximum atomic E-state index is 12.5. The zero-order valence-electron chi connectivity index (χ0n) is 17.3. The predicted octanol–water partition coefficient (Wildman–Crippen LogP) is 3.38. The van der Waals surface area contributed by atoms with Gasteiger partial charge in [0.05, 0.1) is 29.8 Å². The second-order valence-electron chi connectivity index (χ2n) is 7.13. The summed E-state index contributed by atoms with van der Waals surface area (Å²) < 4.78 is 35.8. The summed E-state index contributed by atoms with van der Waals surface area (Å²) in [6.45, 7) is 3.66. The summed E-state index contributed by atoms with van der Waals surface area (Å²) in [5.41, 5.74) is 1.86. The number of halogens is 1. The number of carbonyl (C=O) groups is 2. The number of benzene rings is 2. The molecule has 0 bridgehead atoms. The smallest absolute Gasteiger partial charge is 0.338 e. The van der Waals surface area contributed by atoms with Gasteiger partial charge in [-0.05, 0) is 56.2 Å². The first-order valence-corrected chi connectivity index (χ1v) is 11.6. The fourth-order valence-corrected chi connectivity index (χ4v) is 4.86. The molecule has 10 heteroatoms. The van der Waals surface area contributed by atoms with Crippen molar-refractivity contribution in [3.63, 3.8) is 0 Å². The Morgan fingerprint density at radius 2 is 1.87 bits per heavy atom. The summed E-state index contributed by atoms with van der Waals surface area (Å²) >= 11 is 6.07. The molecule has 2 aromatic rings. The molecular formula is C21H23ClN2O6S. The highest BCUT2D eigenvalue weighted by Gasteiger charge is 2.28. The highest BCUT2D eigenvalue weighted by Crippen LogP contribution is 2.31. The molecule has 1 amide bonds. The molecular weight excluding hydrogens is 444 g/mol. The van der Waals surface area contributed by atoms with Crippen LogP contribution in [0.4, 0.5) is 11.4 Å². The van der Waals surface area contributed by atoms with Crippen molar-refractivity contribution in [3.05, 3.63) is 52.5 Å². The van der Waals surface area contributed by atoms with Gasteiger partial charge in [0.1, 0.15) is 5.75 Å². The lowest BCUT2D eigenvalue weighted by molar-refractivity contribution is -0.123. The topological polar surface area (TPSA) is 102 Å². The van der Waals surface area contributed by atoms with Crippen LogP contribution in [0.25, 0.3) is 0 Å². The van der Waals surface area contributed by atoms with Gasteiger partial charge in [-0.2, -0.15) is 0 Å². The minimum Gasteiger partial charge on any atom is -0.495 e. The molecule has 0 spiro atoms. The Morgan fingerprint density at radius 1 is 1.19 bits per heavy atom. The number of sulfonamides is 1. The van der Waals surface area contributed by atoms with Crippen LogP contribution in [0.15, 0.2) is 36.4 Å². The Labute approximate surface area is 186 Å². The van der Waals surface area contributed by atoms with Gasteiger partial charge in [-0.1, -0.05) is 11.6 Å². The molecule has 0 aromatic heterocycles. The normalized spacial score (nSPS) is 15.9. The van der Waals surface area contributed by atoms with Crippen molar-refractivity contribution in [2.45, 2.75) is 26.4 Å². The summed E-state index contributed by atoms with van der Waals surface area (Å²) in [6, 6.07) is 9.30. The van der Waals surface area contributed by atoms with Crippen LogP contribution < -0.4 is 14.4 Å². The van der Waals surface area contributed by atoms with E-state index in [1.807, 2.05) is 0 Å². The molecule has 0 radical (unpaired) electrons. The monoisotopic (exact) mass is 466 g/mol. The number of anilines is 2. The minimum absolute atomic E-state index is 0.112. The summed E-state index contributed by atoms with van der Waals surface area (Å²) in [7, 11) is -1.84. The summed E-state index contributed by atoms with van der Waals surface area (Å²) in [4.78, 5) is 24.9. The molecule has 1 fully saturated rings. The second kappa shape index (κ2) is 9.15. The number of ether oxygens (including phenoxy) is 2. The molecule has 1 aliphatic rings. The van der Waals surface area contributed by atoms with E-state index < -0.39 is 28.0 Å². The van der Waals surface area contributed by atoms with Crippen LogP contribution in [-0.4, -0.2) is 45.8 Å². The van der Waals surface area contributed by atoms with E-state index in [-0.39, 0.29) is 11.3 Å². The highest BCUT2D eigenvalue weighted by molar-refractivity contribution is 7.93. The van der Waals surface area contributed by atoms with Crippen LogP contribution in [0.5, 0.6) is 5.75 Å². The molecule has 8 nitrogen and oxygen atoms in total. The van der Waals surface area contributed by atoms with Gasteiger partial charge in [-0.15, -0.1) is 0 Å². The lowest BCUT2D eigenvalue weighted by atomic mass is 10.2. The number of hydrogen-bond donors (Lipinski definition) is 1.